The molecule has 0 aliphatic carbocycles. The summed E-state index contributed by atoms with van der Waals surface area (Å²) in [5, 5.41) is 25.2. The minimum atomic E-state index is -1.26. The molecule has 2 rings (SSSR count). The number of nitrogens with zero attached hydrogens (tertiary/aromatic N) is 3. The molecule has 0 saturated carbocycles. The Morgan fingerprint density at radius 2 is 2.09 bits per heavy atom. The topological polar surface area (TPSA) is 141 Å². The summed E-state index contributed by atoms with van der Waals surface area (Å²) >= 11 is 0. The van der Waals surface area contributed by atoms with E-state index in [0.717, 1.165) is 0 Å². The molecular formula is C13H14N4O5. The van der Waals surface area contributed by atoms with Crippen molar-refractivity contribution in [1.29, 1.82) is 0 Å². The molecule has 22 heavy (non-hydrogen) atoms. The standard InChI is InChI=1S/C13H14N4O5/c1-22-9-3-2-7(6-8(9)14)12-11(13(20)21)15-16-17(12)5-4-10(18)19/h2-3,6H,4-5,14H2,1H3,(H,18,19)(H,20,21). The van der Waals surface area contributed by atoms with Gasteiger partial charge in [-0.3, -0.25) is 4.79 Å². The quantitative estimate of drug-likeness (QED) is 0.662. The highest BCUT2D eigenvalue weighted by atomic mass is 16.5. The Balaban J connectivity index is 2.51. The first-order valence-corrected chi connectivity index (χ1v) is 6.26. The number of aromatic nitrogens is 3. The van der Waals surface area contributed by atoms with E-state index in [9.17, 15) is 14.7 Å². The van der Waals surface area contributed by atoms with E-state index in [2.05, 4.69) is 10.3 Å². The second-order valence-corrected chi connectivity index (χ2v) is 4.42. The molecule has 1 heterocycles. The van der Waals surface area contributed by atoms with Gasteiger partial charge in [0.25, 0.3) is 0 Å². The molecule has 1 aromatic heterocycles. The lowest BCUT2D eigenvalue weighted by Crippen LogP contribution is -2.09. The second kappa shape index (κ2) is 6.12. The molecule has 0 amide bonds. The summed E-state index contributed by atoms with van der Waals surface area (Å²) in [6, 6.07) is 4.73. The van der Waals surface area contributed by atoms with Crippen LogP contribution in [0.1, 0.15) is 16.9 Å². The van der Waals surface area contributed by atoms with E-state index in [4.69, 9.17) is 15.6 Å². The first-order chi connectivity index (χ1) is 10.4. The van der Waals surface area contributed by atoms with Gasteiger partial charge in [-0.2, -0.15) is 0 Å². The van der Waals surface area contributed by atoms with Crippen LogP contribution in [0.25, 0.3) is 11.3 Å². The van der Waals surface area contributed by atoms with E-state index in [1.54, 1.807) is 12.1 Å². The SMILES string of the molecule is COc1ccc(-c2c(C(=O)O)nnn2CCC(=O)O)cc1N. The summed E-state index contributed by atoms with van der Waals surface area (Å²) in [5.74, 6) is -1.83. The predicted octanol–water partition coefficient (Wildman–Crippen LogP) is 0.709. The molecule has 0 spiro atoms. The minimum Gasteiger partial charge on any atom is -0.495 e. The van der Waals surface area contributed by atoms with Crippen LogP contribution in [0.15, 0.2) is 18.2 Å². The van der Waals surface area contributed by atoms with E-state index in [-0.39, 0.29) is 24.4 Å². The third-order valence-electron chi connectivity index (χ3n) is 2.98. The number of rotatable bonds is 6. The van der Waals surface area contributed by atoms with Crippen molar-refractivity contribution >= 4 is 17.6 Å². The largest absolute Gasteiger partial charge is 0.495 e. The van der Waals surface area contributed by atoms with Gasteiger partial charge in [0.1, 0.15) is 11.4 Å². The molecule has 0 saturated heterocycles. The summed E-state index contributed by atoms with van der Waals surface area (Å²) in [6.45, 7) is -0.00309. The molecule has 9 nitrogen and oxygen atoms in total. The second-order valence-electron chi connectivity index (χ2n) is 4.42. The number of methoxy groups -OCH3 is 1. The molecule has 0 aliphatic heterocycles. The zero-order valence-corrected chi connectivity index (χ0v) is 11.7. The number of benzene rings is 1. The summed E-state index contributed by atoms with van der Waals surface area (Å²) in [4.78, 5) is 22.0. The number of nitrogen functional groups attached to an aromatic ring is 1. The maximum Gasteiger partial charge on any atom is 0.358 e. The highest BCUT2D eigenvalue weighted by molar-refractivity contribution is 5.93. The maximum atomic E-state index is 11.3. The molecule has 0 atom stereocenters. The van der Waals surface area contributed by atoms with Crippen molar-refractivity contribution in [2.45, 2.75) is 13.0 Å². The van der Waals surface area contributed by atoms with Crippen LogP contribution in [-0.2, 0) is 11.3 Å². The Hall–Kier alpha value is -3.10. The van der Waals surface area contributed by atoms with Crippen LogP contribution in [0, 0.1) is 0 Å². The molecular weight excluding hydrogens is 292 g/mol. The molecule has 1 aromatic carbocycles. The number of nitrogens with two attached hydrogens (primary N) is 1. The van der Waals surface area contributed by atoms with E-state index >= 15 is 0 Å². The fourth-order valence-electron chi connectivity index (χ4n) is 1.98. The van der Waals surface area contributed by atoms with Crippen LogP contribution in [-0.4, -0.2) is 44.3 Å². The Morgan fingerprint density at radius 1 is 1.36 bits per heavy atom. The van der Waals surface area contributed by atoms with Crippen molar-refractivity contribution in [3.05, 3.63) is 23.9 Å². The number of aryl methyl sites for hydroxylation is 1. The molecule has 0 fully saturated rings. The van der Waals surface area contributed by atoms with Gasteiger partial charge < -0.3 is 20.7 Å². The van der Waals surface area contributed by atoms with Crippen molar-refractivity contribution in [1.82, 2.24) is 15.0 Å². The van der Waals surface area contributed by atoms with Gasteiger partial charge in [0.2, 0.25) is 0 Å². The van der Waals surface area contributed by atoms with E-state index in [1.807, 2.05) is 0 Å². The van der Waals surface area contributed by atoms with Crippen molar-refractivity contribution in [2.24, 2.45) is 0 Å². The number of carboxylic acids is 2. The lowest BCUT2D eigenvalue weighted by Gasteiger charge is -2.09. The van der Waals surface area contributed by atoms with Crippen molar-refractivity contribution in [3.8, 4) is 17.0 Å². The molecule has 4 N–H and O–H groups in total. The van der Waals surface area contributed by atoms with Crippen LogP contribution in [0.3, 0.4) is 0 Å². The van der Waals surface area contributed by atoms with Gasteiger partial charge in [0.05, 0.1) is 25.8 Å². The van der Waals surface area contributed by atoms with Crippen molar-refractivity contribution in [3.63, 3.8) is 0 Å². The number of aromatic carboxylic acids is 1. The third-order valence-corrected chi connectivity index (χ3v) is 2.98. The van der Waals surface area contributed by atoms with Crippen LogP contribution in [0.4, 0.5) is 5.69 Å². The Kier molecular flexibility index (Phi) is 4.25. The lowest BCUT2D eigenvalue weighted by molar-refractivity contribution is -0.137. The number of aliphatic carboxylic acids is 1. The fourth-order valence-corrected chi connectivity index (χ4v) is 1.98. The summed E-state index contributed by atoms with van der Waals surface area (Å²) in [7, 11) is 1.46. The van der Waals surface area contributed by atoms with E-state index in [0.29, 0.717) is 17.0 Å². The number of anilines is 1. The van der Waals surface area contributed by atoms with Gasteiger partial charge >= 0.3 is 11.9 Å². The zero-order valence-electron chi connectivity index (χ0n) is 11.7. The van der Waals surface area contributed by atoms with Crippen LogP contribution in [0.5, 0.6) is 5.75 Å². The first kappa shape index (κ1) is 15.3. The van der Waals surface area contributed by atoms with Gasteiger partial charge in [0, 0.05) is 5.56 Å². The summed E-state index contributed by atoms with van der Waals surface area (Å²) in [5.41, 5.74) is 6.53. The first-order valence-electron chi connectivity index (χ1n) is 6.26. The third kappa shape index (κ3) is 2.97. The number of carboxylic acid groups (broad SMARTS) is 2. The van der Waals surface area contributed by atoms with Crippen LogP contribution < -0.4 is 10.5 Å². The van der Waals surface area contributed by atoms with Gasteiger partial charge in [-0.25, -0.2) is 9.48 Å². The molecule has 0 aliphatic rings. The van der Waals surface area contributed by atoms with E-state index in [1.165, 1.54) is 17.9 Å². The molecule has 0 bridgehead atoms. The molecule has 9 heteroatoms. The van der Waals surface area contributed by atoms with Gasteiger partial charge in [-0.05, 0) is 18.2 Å². The number of carbonyl (C=O) groups is 2. The summed E-state index contributed by atoms with van der Waals surface area (Å²) in [6.07, 6.45) is -0.207. The lowest BCUT2D eigenvalue weighted by atomic mass is 10.1. The normalized spacial score (nSPS) is 10.4. The van der Waals surface area contributed by atoms with Crippen molar-refractivity contribution < 1.29 is 24.5 Å². The molecule has 2 aromatic rings. The monoisotopic (exact) mass is 306 g/mol. The van der Waals surface area contributed by atoms with E-state index < -0.39 is 11.9 Å². The smallest absolute Gasteiger partial charge is 0.358 e. The Labute approximate surface area is 124 Å². The number of hydrogen-bond donors (Lipinski definition) is 3. The average Bonchev–Trinajstić information content (AvgIpc) is 2.89. The zero-order chi connectivity index (χ0) is 16.3. The molecule has 116 valence electrons. The van der Waals surface area contributed by atoms with Gasteiger partial charge in [-0.15, -0.1) is 5.10 Å². The fraction of sp³-hybridized carbons (Fsp3) is 0.231. The predicted molar refractivity (Wildman–Crippen MR) is 75.6 cm³/mol. The highest BCUT2D eigenvalue weighted by Crippen LogP contribution is 2.29. The average molecular weight is 306 g/mol. The molecule has 0 unspecified atom stereocenters. The number of hydrogen-bond acceptors (Lipinski definition) is 6. The molecule has 0 radical (unpaired) electrons. The summed E-state index contributed by atoms with van der Waals surface area (Å²) < 4.78 is 6.28. The Morgan fingerprint density at radius 3 is 2.64 bits per heavy atom. The Bertz CT molecular complexity index is 725. The van der Waals surface area contributed by atoms with Crippen molar-refractivity contribution in [2.75, 3.05) is 12.8 Å². The van der Waals surface area contributed by atoms with Gasteiger partial charge in [0.15, 0.2) is 5.69 Å². The number of ether oxygens (including phenoxy) is 1. The van der Waals surface area contributed by atoms with Crippen LogP contribution >= 0.6 is 0 Å². The van der Waals surface area contributed by atoms with Crippen LogP contribution in [0.2, 0.25) is 0 Å². The minimum absolute atomic E-state index is 0.00309. The highest BCUT2D eigenvalue weighted by Gasteiger charge is 2.21. The van der Waals surface area contributed by atoms with Gasteiger partial charge in [-0.1, -0.05) is 5.21 Å². The maximum absolute atomic E-state index is 11.3.